The molecular formula is C12H16BrFN2O. The van der Waals surface area contributed by atoms with E-state index in [-0.39, 0.29) is 24.1 Å². The van der Waals surface area contributed by atoms with Gasteiger partial charge in [-0.05, 0) is 24.6 Å². The summed E-state index contributed by atoms with van der Waals surface area (Å²) in [6.07, 6.45) is 1.93. The molecule has 0 radical (unpaired) electrons. The van der Waals surface area contributed by atoms with Gasteiger partial charge in [0.25, 0.3) is 0 Å². The first-order chi connectivity index (χ1) is 8.02. The lowest BCUT2D eigenvalue weighted by Crippen LogP contribution is -2.27. The van der Waals surface area contributed by atoms with Crippen LogP contribution in [0.5, 0.6) is 0 Å². The molecule has 17 heavy (non-hydrogen) atoms. The normalized spacial score (nSPS) is 12.2. The van der Waals surface area contributed by atoms with Crippen LogP contribution in [0.3, 0.4) is 0 Å². The fourth-order valence-electron chi connectivity index (χ4n) is 1.50. The van der Waals surface area contributed by atoms with Crippen LogP contribution < -0.4 is 11.1 Å². The summed E-state index contributed by atoms with van der Waals surface area (Å²) in [6.45, 7) is 2.01. The summed E-state index contributed by atoms with van der Waals surface area (Å²) in [5, 5.41) is 2.51. The second-order valence-electron chi connectivity index (χ2n) is 3.93. The number of rotatable bonds is 5. The Kier molecular flexibility index (Phi) is 5.58. The number of hydrogen-bond acceptors (Lipinski definition) is 2. The molecule has 1 amide bonds. The molecule has 1 atom stereocenters. The molecule has 3 N–H and O–H groups in total. The van der Waals surface area contributed by atoms with E-state index in [1.807, 2.05) is 6.92 Å². The average Bonchev–Trinajstić information content (AvgIpc) is 2.22. The Morgan fingerprint density at radius 1 is 1.59 bits per heavy atom. The van der Waals surface area contributed by atoms with E-state index < -0.39 is 5.82 Å². The Morgan fingerprint density at radius 2 is 2.29 bits per heavy atom. The Bertz CT molecular complexity index is 398. The molecule has 0 spiro atoms. The van der Waals surface area contributed by atoms with Crippen LogP contribution in [0, 0.1) is 5.82 Å². The van der Waals surface area contributed by atoms with Gasteiger partial charge in [-0.2, -0.15) is 0 Å². The van der Waals surface area contributed by atoms with Crippen LogP contribution in [0.25, 0.3) is 0 Å². The number of halogens is 2. The van der Waals surface area contributed by atoms with Crippen molar-refractivity contribution < 1.29 is 9.18 Å². The predicted octanol–water partition coefficient (Wildman–Crippen LogP) is 3.04. The van der Waals surface area contributed by atoms with Gasteiger partial charge in [-0.15, -0.1) is 0 Å². The van der Waals surface area contributed by atoms with Gasteiger partial charge in [-0.1, -0.05) is 29.3 Å². The highest BCUT2D eigenvalue weighted by atomic mass is 79.9. The van der Waals surface area contributed by atoms with Crippen molar-refractivity contribution in [1.82, 2.24) is 0 Å². The molecule has 0 heterocycles. The molecule has 5 heteroatoms. The van der Waals surface area contributed by atoms with E-state index in [4.69, 9.17) is 5.73 Å². The molecule has 0 fully saturated rings. The number of hydrogen-bond donors (Lipinski definition) is 2. The minimum Gasteiger partial charge on any atom is -0.327 e. The fraction of sp³-hybridized carbons (Fsp3) is 0.417. The minimum atomic E-state index is -0.461. The van der Waals surface area contributed by atoms with Gasteiger partial charge >= 0.3 is 0 Å². The predicted molar refractivity (Wildman–Crippen MR) is 70.2 cm³/mol. The van der Waals surface area contributed by atoms with E-state index in [1.54, 1.807) is 6.07 Å². The van der Waals surface area contributed by atoms with Crippen molar-refractivity contribution in [3.05, 3.63) is 28.5 Å². The quantitative estimate of drug-likeness (QED) is 0.878. The Labute approximate surface area is 109 Å². The van der Waals surface area contributed by atoms with Gasteiger partial charge in [0.2, 0.25) is 5.91 Å². The molecule has 3 nitrogen and oxygen atoms in total. The first-order valence-electron chi connectivity index (χ1n) is 5.53. The first kappa shape index (κ1) is 14.1. The molecule has 0 aliphatic carbocycles. The van der Waals surface area contributed by atoms with E-state index in [2.05, 4.69) is 21.2 Å². The zero-order chi connectivity index (χ0) is 12.8. The average molecular weight is 303 g/mol. The maximum Gasteiger partial charge on any atom is 0.226 e. The van der Waals surface area contributed by atoms with Crippen molar-refractivity contribution in [1.29, 1.82) is 0 Å². The van der Waals surface area contributed by atoms with Gasteiger partial charge in [-0.25, -0.2) is 4.39 Å². The van der Waals surface area contributed by atoms with E-state index in [9.17, 15) is 9.18 Å². The lowest BCUT2D eigenvalue weighted by atomic mass is 10.1. The Morgan fingerprint density at radius 3 is 2.88 bits per heavy atom. The van der Waals surface area contributed by atoms with Crippen LogP contribution in [0.15, 0.2) is 22.7 Å². The number of carbonyl (C=O) groups excluding carboxylic acids is 1. The summed E-state index contributed by atoms with van der Waals surface area (Å²) < 4.78 is 14.1. The molecule has 0 saturated heterocycles. The van der Waals surface area contributed by atoms with E-state index in [0.717, 1.165) is 12.8 Å². The molecule has 0 saturated carbocycles. The third-order valence-electron chi connectivity index (χ3n) is 2.31. The van der Waals surface area contributed by atoms with E-state index in [1.165, 1.54) is 12.1 Å². The molecule has 1 rings (SSSR count). The van der Waals surface area contributed by atoms with Crippen LogP contribution in [0.4, 0.5) is 10.1 Å². The number of benzene rings is 1. The van der Waals surface area contributed by atoms with Gasteiger partial charge < -0.3 is 11.1 Å². The van der Waals surface area contributed by atoms with Crippen LogP contribution in [-0.2, 0) is 4.79 Å². The molecule has 0 bridgehead atoms. The molecule has 0 aromatic heterocycles. The van der Waals surface area contributed by atoms with Crippen LogP contribution >= 0.6 is 15.9 Å². The highest BCUT2D eigenvalue weighted by molar-refractivity contribution is 9.10. The van der Waals surface area contributed by atoms with Crippen LogP contribution in [0.1, 0.15) is 26.2 Å². The lowest BCUT2D eigenvalue weighted by molar-refractivity contribution is -0.116. The molecular weight excluding hydrogens is 287 g/mol. The van der Waals surface area contributed by atoms with E-state index in [0.29, 0.717) is 4.47 Å². The second-order valence-corrected chi connectivity index (χ2v) is 4.84. The number of nitrogens with two attached hydrogens (primary N) is 1. The van der Waals surface area contributed by atoms with Crippen molar-refractivity contribution >= 4 is 27.5 Å². The topological polar surface area (TPSA) is 55.1 Å². The third-order valence-corrected chi connectivity index (χ3v) is 2.81. The molecule has 1 aromatic rings. The fourth-order valence-corrected chi connectivity index (χ4v) is 1.84. The number of carbonyl (C=O) groups is 1. The summed E-state index contributed by atoms with van der Waals surface area (Å²) in [6, 6.07) is 4.33. The highest BCUT2D eigenvalue weighted by Crippen LogP contribution is 2.19. The summed E-state index contributed by atoms with van der Waals surface area (Å²) in [7, 11) is 0. The largest absolute Gasteiger partial charge is 0.327 e. The summed E-state index contributed by atoms with van der Waals surface area (Å²) in [5.74, 6) is -0.719. The lowest BCUT2D eigenvalue weighted by Gasteiger charge is -2.11. The van der Waals surface area contributed by atoms with Crippen LogP contribution in [-0.4, -0.2) is 11.9 Å². The van der Waals surface area contributed by atoms with Gasteiger partial charge in [-0.3, -0.25) is 4.79 Å². The van der Waals surface area contributed by atoms with Gasteiger partial charge in [0.1, 0.15) is 5.82 Å². The summed E-state index contributed by atoms with van der Waals surface area (Å²) in [4.78, 5) is 11.6. The van der Waals surface area contributed by atoms with Crippen molar-refractivity contribution in [3.63, 3.8) is 0 Å². The second kappa shape index (κ2) is 6.71. The Hall–Kier alpha value is -0.940. The molecule has 0 aliphatic rings. The van der Waals surface area contributed by atoms with E-state index >= 15 is 0 Å². The van der Waals surface area contributed by atoms with Crippen molar-refractivity contribution in [2.24, 2.45) is 5.73 Å². The third kappa shape index (κ3) is 4.83. The van der Waals surface area contributed by atoms with Crippen LogP contribution in [0.2, 0.25) is 0 Å². The zero-order valence-electron chi connectivity index (χ0n) is 9.67. The van der Waals surface area contributed by atoms with Crippen molar-refractivity contribution in [3.8, 4) is 0 Å². The van der Waals surface area contributed by atoms with Crippen molar-refractivity contribution in [2.45, 2.75) is 32.2 Å². The monoisotopic (exact) mass is 302 g/mol. The van der Waals surface area contributed by atoms with Gasteiger partial charge in [0, 0.05) is 16.9 Å². The van der Waals surface area contributed by atoms with Crippen molar-refractivity contribution in [2.75, 3.05) is 5.32 Å². The number of amides is 1. The molecule has 1 aromatic carbocycles. The number of anilines is 1. The smallest absolute Gasteiger partial charge is 0.226 e. The summed E-state index contributed by atoms with van der Waals surface area (Å²) >= 11 is 3.15. The minimum absolute atomic E-state index is 0.168. The zero-order valence-corrected chi connectivity index (χ0v) is 11.3. The maximum absolute atomic E-state index is 13.4. The molecule has 0 aliphatic heterocycles. The summed E-state index contributed by atoms with van der Waals surface area (Å²) in [5.41, 5.74) is 5.92. The standard InChI is InChI=1S/C12H16BrFN2O/c1-2-3-9(15)7-12(17)16-11-5-4-8(13)6-10(11)14/h4-6,9H,2-3,7,15H2,1H3,(H,16,17). The highest BCUT2D eigenvalue weighted by Gasteiger charge is 2.11. The maximum atomic E-state index is 13.4. The first-order valence-corrected chi connectivity index (χ1v) is 6.32. The SMILES string of the molecule is CCCC(N)CC(=O)Nc1ccc(Br)cc1F. The molecule has 1 unspecified atom stereocenters. The number of nitrogens with one attached hydrogen (secondary N) is 1. The van der Waals surface area contributed by atoms with Gasteiger partial charge in [0.15, 0.2) is 0 Å². The Balaban J connectivity index is 2.56. The molecule has 94 valence electrons. The van der Waals surface area contributed by atoms with Gasteiger partial charge in [0.05, 0.1) is 5.69 Å².